The molecule has 0 unspecified atom stereocenters. The lowest BCUT2D eigenvalue weighted by Crippen LogP contribution is -1.94. The summed E-state index contributed by atoms with van der Waals surface area (Å²) in [5, 5.41) is 0. The molecule has 0 N–H and O–H groups in total. The molecule has 1 rings (SSSR count). The molecule has 0 aromatic heterocycles. The molecule has 1 fully saturated rings. The maximum atomic E-state index is 11.7. The van der Waals surface area contributed by atoms with Crippen LogP contribution in [0.15, 0.2) is 47.6 Å². The molecule has 14 heavy (non-hydrogen) atoms. The number of hydrogen-bond acceptors (Lipinski definition) is 1. The molecular formula is C13H16O. The normalized spacial score (nSPS) is 23.7. The molecule has 1 aliphatic rings. The van der Waals surface area contributed by atoms with Crippen molar-refractivity contribution in [2.45, 2.75) is 26.7 Å². The Morgan fingerprint density at radius 1 is 0.929 bits per heavy atom. The van der Waals surface area contributed by atoms with Crippen LogP contribution in [0.25, 0.3) is 0 Å². The number of carbonyl (C=O) groups excluding carboxylic acids is 1. The molecule has 1 nitrogen and oxygen atoms in total. The Bertz CT molecular complexity index is 295. The first kappa shape index (κ1) is 10.7. The highest BCUT2D eigenvalue weighted by Crippen LogP contribution is 2.25. The molecule has 74 valence electrons. The molecule has 0 aliphatic heterocycles. The van der Waals surface area contributed by atoms with E-state index >= 15 is 0 Å². The summed E-state index contributed by atoms with van der Waals surface area (Å²) in [7, 11) is 0. The van der Waals surface area contributed by atoms with Crippen molar-refractivity contribution < 1.29 is 4.79 Å². The first-order valence-electron chi connectivity index (χ1n) is 4.98. The minimum atomic E-state index is 0.209. The van der Waals surface area contributed by atoms with E-state index in [2.05, 4.69) is 0 Å². The first-order chi connectivity index (χ1) is 6.79. The van der Waals surface area contributed by atoms with Crippen molar-refractivity contribution in [1.29, 1.82) is 0 Å². The van der Waals surface area contributed by atoms with Crippen LogP contribution in [0.3, 0.4) is 0 Å². The summed E-state index contributed by atoms with van der Waals surface area (Å²) in [4.78, 5) is 11.7. The summed E-state index contributed by atoms with van der Waals surface area (Å²) in [5.41, 5.74) is 1.86. The van der Waals surface area contributed by atoms with Gasteiger partial charge in [0.1, 0.15) is 0 Å². The molecule has 1 aliphatic carbocycles. The Kier molecular flexibility index (Phi) is 4.11. The Hall–Kier alpha value is -1.37. The fourth-order valence-electron chi connectivity index (χ4n) is 1.45. The van der Waals surface area contributed by atoms with Crippen molar-refractivity contribution in [3.63, 3.8) is 0 Å². The zero-order chi connectivity index (χ0) is 10.4. The smallest absolute Gasteiger partial charge is 0.185 e. The number of allylic oxidation sites excluding steroid dienone is 8. The van der Waals surface area contributed by atoms with E-state index in [0.29, 0.717) is 0 Å². The highest BCUT2D eigenvalue weighted by atomic mass is 16.1. The highest BCUT2D eigenvalue weighted by molar-refractivity contribution is 6.10. The molecule has 0 amide bonds. The molecule has 0 spiro atoms. The largest absolute Gasteiger partial charge is 0.289 e. The summed E-state index contributed by atoms with van der Waals surface area (Å²) in [6, 6.07) is 0. The minimum absolute atomic E-state index is 0.209. The second-order valence-corrected chi connectivity index (χ2v) is 3.26. The van der Waals surface area contributed by atoms with Crippen molar-refractivity contribution >= 4 is 5.78 Å². The van der Waals surface area contributed by atoms with Crippen LogP contribution >= 0.6 is 0 Å². The van der Waals surface area contributed by atoms with Crippen LogP contribution in [0.1, 0.15) is 26.7 Å². The van der Waals surface area contributed by atoms with Crippen LogP contribution in [0, 0.1) is 0 Å². The third kappa shape index (κ3) is 2.56. The topological polar surface area (TPSA) is 17.1 Å². The Balaban J connectivity index is 2.79. The van der Waals surface area contributed by atoms with Gasteiger partial charge in [0.15, 0.2) is 5.78 Å². The van der Waals surface area contributed by atoms with Gasteiger partial charge in [-0.15, -0.1) is 0 Å². The monoisotopic (exact) mass is 188 g/mol. The SMILES string of the molecule is C/C=C/C=C1\CC/C(=C\C=C\C)C1=O. The third-order valence-electron chi connectivity index (χ3n) is 2.23. The summed E-state index contributed by atoms with van der Waals surface area (Å²) in [6.07, 6.45) is 13.3. The average Bonchev–Trinajstić information content (AvgIpc) is 2.54. The van der Waals surface area contributed by atoms with E-state index in [1.165, 1.54) is 0 Å². The second-order valence-electron chi connectivity index (χ2n) is 3.26. The standard InChI is InChI=1S/C13H16O/c1-3-5-7-11-9-10-12(13(11)14)8-6-4-2/h3-8H,9-10H2,1-2H3/b5-3+,6-4+,11-7+,12-8+. The Labute approximate surface area is 85.5 Å². The molecule has 0 radical (unpaired) electrons. The summed E-state index contributed by atoms with van der Waals surface area (Å²) in [6.45, 7) is 3.90. The fourth-order valence-corrected chi connectivity index (χ4v) is 1.45. The molecule has 1 saturated carbocycles. The molecule has 1 heteroatoms. The van der Waals surface area contributed by atoms with Crippen molar-refractivity contribution in [2.24, 2.45) is 0 Å². The van der Waals surface area contributed by atoms with Crippen LogP contribution in [-0.2, 0) is 4.79 Å². The summed E-state index contributed by atoms with van der Waals surface area (Å²) >= 11 is 0. The highest BCUT2D eigenvalue weighted by Gasteiger charge is 2.21. The van der Waals surface area contributed by atoms with Gasteiger partial charge in [0.05, 0.1) is 0 Å². The van der Waals surface area contributed by atoms with E-state index in [1.807, 2.05) is 50.3 Å². The molecule has 0 atom stereocenters. The number of hydrogen-bond donors (Lipinski definition) is 0. The zero-order valence-corrected chi connectivity index (χ0v) is 8.79. The summed E-state index contributed by atoms with van der Waals surface area (Å²) in [5.74, 6) is 0.209. The van der Waals surface area contributed by atoms with E-state index in [0.717, 1.165) is 24.0 Å². The third-order valence-corrected chi connectivity index (χ3v) is 2.23. The van der Waals surface area contributed by atoms with Crippen LogP contribution < -0.4 is 0 Å². The van der Waals surface area contributed by atoms with Crippen molar-refractivity contribution in [3.05, 3.63) is 47.6 Å². The van der Waals surface area contributed by atoms with Gasteiger partial charge in [-0.1, -0.05) is 36.5 Å². The molecule has 0 aromatic carbocycles. The van der Waals surface area contributed by atoms with Crippen LogP contribution in [0.5, 0.6) is 0 Å². The van der Waals surface area contributed by atoms with E-state index in [-0.39, 0.29) is 5.78 Å². The van der Waals surface area contributed by atoms with Gasteiger partial charge >= 0.3 is 0 Å². The van der Waals surface area contributed by atoms with E-state index in [4.69, 9.17) is 0 Å². The maximum Gasteiger partial charge on any atom is 0.185 e. The van der Waals surface area contributed by atoms with Crippen LogP contribution in [0.2, 0.25) is 0 Å². The predicted octanol–water partition coefficient (Wildman–Crippen LogP) is 3.35. The van der Waals surface area contributed by atoms with Gasteiger partial charge in [-0.2, -0.15) is 0 Å². The number of carbonyl (C=O) groups is 1. The van der Waals surface area contributed by atoms with Crippen LogP contribution in [0.4, 0.5) is 0 Å². The number of Topliss-reactive ketones (excluding diaryl/α,β-unsaturated/α-hetero) is 1. The van der Waals surface area contributed by atoms with Gasteiger partial charge in [0, 0.05) is 11.1 Å². The molecule has 0 saturated heterocycles. The lowest BCUT2D eigenvalue weighted by Gasteiger charge is -1.90. The number of ketones is 1. The lowest BCUT2D eigenvalue weighted by atomic mass is 10.1. The van der Waals surface area contributed by atoms with E-state index in [1.54, 1.807) is 0 Å². The second kappa shape index (κ2) is 5.38. The lowest BCUT2D eigenvalue weighted by molar-refractivity contribution is -0.111. The van der Waals surface area contributed by atoms with Crippen molar-refractivity contribution in [1.82, 2.24) is 0 Å². The Morgan fingerprint density at radius 3 is 1.71 bits per heavy atom. The fraction of sp³-hybridized carbons (Fsp3) is 0.308. The quantitative estimate of drug-likeness (QED) is 0.607. The molecular weight excluding hydrogens is 172 g/mol. The summed E-state index contributed by atoms with van der Waals surface area (Å²) < 4.78 is 0. The Morgan fingerprint density at radius 2 is 1.36 bits per heavy atom. The van der Waals surface area contributed by atoms with Gasteiger partial charge in [-0.3, -0.25) is 4.79 Å². The first-order valence-corrected chi connectivity index (χ1v) is 4.98. The molecule has 0 bridgehead atoms. The van der Waals surface area contributed by atoms with Gasteiger partial charge in [-0.05, 0) is 26.7 Å². The minimum Gasteiger partial charge on any atom is -0.289 e. The predicted molar refractivity (Wildman–Crippen MR) is 60.0 cm³/mol. The van der Waals surface area contributed by atoms with Crippen LogP contribution in [-0.4, -0.2) is 5.78 Å². The van der Waals surface area contributed by atoms with E-state index in [9.17, 15) is 4.79 Å². The van der Waals surface area contributed by atoms with E-state index < -0.39 is 0 Å². The van der Waals surface area contributed by atoms with Crippen molar-refractivity contribution in [3.8, 4) is 0 Å². The maximum absolute atomic E-state index is 11.7. The zero-order valence-electron chi connectivity index (χ0n) is 8.79. The number of rotatable bonds is 2. The van der Waals surface area contributed by atoms with Gasteiger partial charge in [0.2, 0.25) is 0 Å². The van der Waals surface area contributed by atoms with Gasteiger partial charge in [0.25, 0.3) is 0 Å². The molecule has 0 heterocycles. The average molecular weight is 188 g/mol. The van der Waals surface area contributed by atoms with Gasteiger partial charge in [-0.25, -0.2) is 0 Å². The molecule has 0 aromatic rings. The van der Waals surface area contributed by atoms with Crippen molar-refractivity contribution in [2.75, 3.05) is 0 Å². The van der Waals surface area contributed by atoms with Gasteiger partial charge < -0.3 is 0 Å².